The third kappa shape index (κ3) is 5.52. The number of carbonyl (C=O) groups excluding carboxylic acids is 2. The maximum Gasteiger partial charge on any atom is 0.416 e. The summed E-state index contributed by atoms with van der Waals surface area (Å²) < 4.78 is 47.8. The Morgan fingerprint density at radius 3 is 2.64 bits per heavy atom. The lowest BCUT2D eigenvalue weighted by Gasteiger charge is -2.13. The number of furan rings is 1. The molecule has 1 atom stereocenters. The van der Waals surface area contributed by atoms with Crippen LogP contribution in [-0.2, 0) is 20.5 Å². The highest BCUT2D eigenvalue weighted by Crippen LogP contribution is 2.30. The Kier molecular flexibility index (Phi) is 5.63. The maximum atomic E-state index is 12.6. The average Bonchev–Trinajstić information content (AvgIpc) is 3.05. The first-order chi connectivity index (χ1) is 11.8. The molecule has 0 bridgehead atoms. The summed E-state index contributed by atoms with van der Waals surface area (Å²) in [6.45, 7) is 1.31. The molecule has 132 valence electrons. The van der Waals surface area contributed by atoms with Crippen LogP contribution in [-0.4, -0.2) is 18.0 Å². The zero-order valence-corrected chi connectivity index (χ0v) is 13.0. The van der Waals surface area contributed by atoms with E-state index in [1.165, 1.54) is 31.4 Å². The second-order valence-electron chi connectivity index (χ2n) is 5.00. The van der Waals surface area contributed by atoms with Crippen molar-refractivity contribution in [3.05, 3.63) is 60.1 Å². The van der Waals surface area contributed by atoms with Gasteiger partial charge >= 0.3 is 12.1 Å². The molecule has 0 saturated heterocycles. The molecule has 8 heteroatoms. The molecule has 0 unspecified atom stereocenters. The Labute approximate surface area is 141 Å². The summed E-state index contributed by atoms with van der Waals surface area (Å²) in [6.07, 6.45) is -1.85. The van der Waals surface area contributed by atoms with Gasteiger partial charge in [-0.05, 0) is 43.3 Å². The predicted octanol–water partition coefficient (Wildman–Crippen LogP) is 3.88. The number of anilines is 1. The van der Waals surface area contributed by atoms with Gasteiger partial charge in [-0.2, -0.15) is 13.2 Å². The lowest BCUT2D eigenvalue weighted by molar-refractivity contribution is -0.148. The van der Waals surface area contributed by atoms with Crippen LogP contribution in [0.5, 0.6) is 0 Å². The van der Waals surface area contributed by atoms with E-state index < -0.39 is 29.7 Å². The van der Waals surface area contributed by atoms with Crippen LogP contribution in [0.2, 0.25) is 0 Å². The van der Waals surface area contributed by atoms with Gasteiger partial charge in [-0.15, -0.1) is 0 Å². The lowest BCUT2D eigenvalue weighted by atomic mass is 10.2. The molecule has 0 spiro atoms. The van der Waals surface area contributed by atoms with E-state index in [1.54, 1.807) is 12.1 Å². The smallest absolute Gasteiger partial charge is 0.416 e. The molecule has 0 radical (unpaired) electrons. The van der Waals surface area contributed by atoms with E-state index in [4.69, 9.17) is 9.15 Å². The van der Waals surface area contributed by atoms with Crippen molar-refractivity contribution in [2.45, 2.75) is 19.2 Å². The van der Waals surface area contributed by atoms with Gasteiger partial charge in [0.2, 0.25) is 0 Å². The van der Waals surface area contributed by atoms with E-state index >= 15 is 0 Å². The van der Waals surface area contributed by atoms with Crippen molar-refractivity contribution in [1.29, 1.82) is 0 Å². The zero-order chi connectivity index (χ0) is 18.4. The Balaban J connectivity index is 1.93. The molecular formula is C17H14F3NO4. The second kappa shape index (κ2) is 7.69. The number of carbonyl (C=O) groups is 2. The first-order valence-corrected chi connectivity index (χ1v) is 7.16. The number of alkyl halides is 3. The van der Waals surface area contributed by atoms with Crippen LogP contribution in [0.1, 0.15) is 18.2 Å². The van der Waals surface area contributed by atoms with Crippen LogP contribution in [0.25, 0.3) is 6.08 Å². The van der Waals surface area contributed by atoms with Gasteiger partial charge in [-0.25, -0.2) is 4.79 Å². The lowest BCUT2D eigenvalue weighted by Crippen LogP contribution is -2.29. The third-order valence-electron chi connectivity index (χ3n) is 3.05. The maximum absolute atomic E-state index is 12.6. The minimum atomic E-state index is -4.52. The monoisotopic (exact) mass is 353 g/mol. The number of ether oxygens (including phenoxy) is 1. The molecule has 2 aromatic rings. The highest BCUT2D eigenvalue weighted by molar-refractivity contribution is 5.96. The summed E-state index contributed by atoms with van der Waals surface area (Å²) in [4.78, 5) is 23.5. The van der Waals surface area contributed by atoms with E-state index in [1.807, 2.05) is 0 Å². The van der Waals surface area contributed by atoms with Gasteiger partial charge in [0.05, 0.1) is 11.8 Å². The number of halogens is 3. The van der Waals surface area contributed by atoms with Crippen LogP contribution >= 0.6 is 0 Å². The van der Waals surface area contributed by atoms with Crippen molar-refractivity contribution in [1.82, 2.24) is 0 Å². The largest absolute Gasteiger partial charge is 0.465 e. The van der Waals surface area contributed by atoms with Gasteiger partial charge in [0.25, 0.3) is 5.91 Å². The van der Waals surface area contributed by atoms with Crippen molar-refractivity contribution in [2.75, 3.05) is 5.32 Å². The predicted molar refractivity (Wildman–Crippen MR) is 83.4 cm³/mol. The molecule has 1 aromatic heterocycles. The fraction of sp³-hybridized carbons (Fsp3) is 0.176. The Hall–Kier alpha value is -3.03. The first kappa shape index (κ1) is 18.3. The number of hydrogen-bond donors (Lipinski definition) is 1. The summed E-state index contributed by atoms with van der Waals surface area (Å²) >= 11 is 0. The summed E-state index contributed by atoms with van der Waals surface area (Å²) in [7, 11) is 0. The molecule has 1 amide bonds. The Bertz CT molecular complexity index is 766. The van der Waals surface area contributed by atoms with Gasteiger partial charge in [0, 0.05) is 11.8 Å². The second-order valence-corrected chi connectivity index (χ2v) is 5.00. The molecule has 5 nitrogen and oxygen atoms in total. The van der Waals surface area contributed by atoms with E-state index in [0.717, 1.165) is 18.2 Å². The zero-order valence-electron chi connectivity index (χ0n) is 13.0. The number of amides is 1. The van der Waals surface area contributed by atoms with Crippen molar-refractivity contribution in [3.8, 4) is 0 Å². The molecule has 1 aromatic carbocycles. The molecule has 0 aliphatic heterocycles. The fourth-order valence-electron chi connectivity index (χ4n) is 1.82. The molecular weight excluding hydrogens is 339 g/mol. The van der Waals surface area contributed by atoms with Crippen molar-refractivity contribution in [3.63, 3.8) is 0 Å². The van der Waals surface area contributed by atoms with Gasteiger partial charge in [0.1, 0.15) is 5.76 Å². The van der Waals surface area contributed by atoms with Crippen LogP contribution in [0, 0.1) is 0 Å². The molecule has 1 N–H and O–H groups in total. The number of nitrogens with one attached hydrogen (secondary N) is 1. The van der Waals surface area contributed by atoms with Crippen LogP contribution in [0.4, 0.5) is 18.9 Å². The molecule has 0 aliphatic carbocycles. The van der Waals surface area contributed by atoms with Gasteiger partial charge in [0.15, 0.2) is 6.10 Å². The van der Waals surface area contributed by atoms with Gasteiger partial charge in [-0.3, -0.25) is 4.79 Å². The number of hydrogen-bond acceptors (Lipinski definition) is 4. The SMILES string of the molecule is C[C@@H](OC(=O)/C=C/c1ccco1)C(=O)Nc1cccc(C(F)(F)F)c1. The van der Waals surface area contributed by atoms with E-state index in [-0.39, 0.29) is 5.69 Å². The number of rotatable bonds is 5. The van der Waals surface area contributed by atoms with E-state index in [0.29, 0.717) is 5.76 Å². The first-order valence-electron chi connectivity index (χ1n) is 7.16. The molecule has 25 heavy (non-hydrogen) atoms. The molecule has 1 heterocycles. The normalized spacial score (nSPS) is 12.8. The number of esters is 1. The highest BCUT2D eigenvalue weighted by atomic mass is 19.4. The topological polar surface area (TPSA) is 68.5 Å². The van der Waals surface area contributed by atoms with Crippen molar-refractivity contribution in [2.24, 2.45) is 0 Å². The quantitative estimate of drug-likeness (QED) is 0.654. The summed E-state index contributed by atoms with van der Waals surface area (Å²) in [5.41, 5.74) is -0.940. The fourth-order valence-corrected chi connectivity index (χ4v) is 1.82. The Morgan fingerprint density at radius 1 is 1.24 bits per heavy atom. The average molecular weight is 353 g/mol. The molecule has 0 fully saturated rings. The van der Waals surface area contributed by atoms with Crippen molar-refractivity contribution < 1.29 is 31.9 Å². The minimum absolute atomic E-state index is 0.0474. The molecule has 0 aliphatic rings. The third-order valence-corrected chi connectivity index (χ3v) is 3.05. The molecule has 0 saturated carbocycles. The van der Waals surface area contributed by atoms with E-state index in [2.05, 4.69) is 5.32 Å². The van der Waals surface area contributed by atoms with Crippen molar-refractivity contribution >= 4 is 23.6 Å². The highest BCUT2D eigenvalue weighted by Gasteiger charge is 2.30. The molecule has 2 rings (SSSR count). The number of benzene rings is 1. The van der Waals surface area contributed by atoms with Crippen LogP contribution in [0.15, 0.2) is 53.2 Å². The van der Waals surface area contributed by atoms with E-state index in [9.17, 15) is 22.8 Å². The standard InChI is InChI=1S/C17H14F3NO4/c1-11(25-15(22)8-7-14-6-3-9-24-14)16(23)21-13-5-2-4-12(10-13)17(18,19)20/h2-11H,1H3,(H,21,23)/b8-7+/t11-/m1/s1. The Morgan fingerprint density at radius 2 is 2.00 bits per heavy atom. The van der Waals surface area contributed by atoms with Gasteiger partial charge < -0.3 is 14.5 Å². The summed E-state index contributed by atoms with van der Waals surface area (Å²) in [5, 5.41) is 2.27. The van der Waals surface area contributed by atoms with Crippen LogP contribution in [0.3, 0.4) is 0 Å². The van der Waals surface area contributed by atoms with Crippen LogP contribution < -0.4 is 5.32 Å². The van der Waals surface area contributed by atoms with Gasteiger partial charge in [-0.1, -0.05) is 6.07 Å². The summed E-state index contributed by atoms with van der Waals surface area (Å²) in [5.74, 6) is -1.11. The minimum Gasteiger partial charge on any atom is -0.465 e. The summed E-state index contributed by atoms with van der Waals surface area (Å²) in [6, 6.07) is 7.41.